The number of hydrogen-bond donors (Lipinski definition) is 1. The van der Waals surface area contributed by atoms with Crippen LogP contribution in [0.3, 0.4) is 0 Å². The van der Waals surface area contributed by atoms with Gasteiger partial charge in [0, 0.05) is 16.9 Å². The molecule has 2 heterocycles. The van der Waals surface area contributed by atoms with Gasteiger partial charge in [0.15, 0.2) is 0 Å². The van der Waals surface area contributed by atoms with Crippen LogP contribution in [0.2, 0.25) is 0 Å². The Bertz CT molecular complexity index is 600. The number of halogens is 1. The van der Waals surface area contributed by atoms with Crippen LogP contribution in [0.5, 0.6) is 0 Å². The molecule has 2 aromatic rings. The first-order valence-corrected chi connectivity index (χ1v) is 8.10. The van der Waals surface area contributed by atoms with Gasteiger partial charge in [-0.15, -0.1) is 0 Å². The summed E-state index contributed by atoms with van der Waals surface area (Å²) in [6.45, 7) is 0. The number of rotatable bonds is 2. The number of aromatic amines is 1. The molecular weight excluding hydrogens is 359 g/mol. The molecule has 0 saturated heterocycles. The number of nitrogens with zero attached hydrogens (tertiary/aromatic N) is 1. The van der Waals surface area contributed by atoms with Gasteiger partial charge < -0.3 is 4.98 Å². The van der Waals surface area contributed by atoms with E-state index in [1.54, 1.807) is 11.3 Å². The molecule has 1 aliphatic rings. The van der Waals surface area contributed by atoms with Crippen LogP contribution in [-0.4, -0.2) is 9.97 Å². The maximum atomic E-state index is 12.0. The molecule has 1 fully saturated rings. The maximum Gasteiger partial charge on any atom is 0.264 e. The van der Waals surface area contributed by atoms with Gasteiger partial charge >= 0.3 is 0 Å². The van der Waals surface area contributed by atoms with Gasteiger partial charge in [0.25, 0.3) is 5.56 Å². The van der Waals surface area contributed by atoms with Crippen molar-refractivity contribution in [1.29, 1.82) is 0 Å². The van der Waals surface area contributed by atoms with Crippen LogP contribution in [0.25, 0.3) is 11.4 Å². The molecule has 94 valence electrons. The molecular formula is C13H13IN2OS. The zero-order valence-corrected chi connectivity index (χ0v) is 12.8. The highest BCUT2D eigenvalue weighted by atomic mass is 127. The van der Waals surface area contributed by atoms with Crippen molar-refractivity contribution in [3.8, 4) is 11.4 Å². The Kier molecular flexibility index (Phi) is 3.52. The Morgan fingerprint density at radius 1 is 1.39 bits per heavy atom. The summed E-state index contributed by atoms with van der Waals surface area (Å²) in [6.07, 6.45) is 4.83. The molecule has 1 N–H and O–H groups in total. The standard InChI is InChI=1S/C13H13IN2OS/c14-10-11(8-3-1-2-4-8)15-12(16-13(10)17)9-5-6-18-7-9/h5-8H,1-4H2,(H,15,16,17). The highest BCUT2D eigenvalue weighted by molar-refractivity contribution is 14.1. The lowest BCUT2D eigenvalue weighted by atomic mass is 10.0. The zero-order chi connectivity index (χ0) is 12.5. The van der Waals surface area contributed by atoms with Gasteiger partial charge in [-0.25, -0.2) is 4.98 Å². The fourth-order valence-electron chi connectivity index (χ4n) is 2.48. The molecule has 0 radical (unpaired) electrons. The molecule has 0 amide bonds. The van der Waals surface area contributed by atoms with Crippen LogP contribution in [0.15, 0.2) is 21.6 Å². The number of thiophene rings is 1. The minimum atomic E-state index is -0.00583. The van der Waals surface area contributed by atoms with E-state index in [1.165, 1.54) is 12.8 Å². The molecule has 0 bridgehead atoms. The van der Waals surface area contributed by atoms with Crippen molar-refractivity contribution in [2.24, 2.45) is 0 Å². The van der Waals surface area contributed by atoms with Gasteiger partial charge in [0.2, 0.25) is 0 Å². The second-order valence-electron chi connectivity index (χ2n) is 4.61. The molecule has 0 unspecified atom stereocenters. The molecule has 1 saturated carbocycles. The highest BCUT2D eigenvalue weighted by Gasteiger charge is 2.23. The SMILES string of the molecule is O=c1[nH]c(-c2ccsc2)nc(C2CCCC2)c1I. The Morgan fingerprint density at radius 3 is 2.83 bits per heavy atom. The lowest BCUT2D eigenvalue weighted by molar-refractivity contribution is 0.687. The first kappa shape index (κ1) is 12.3. The van der Waals surface area contributed by atoms with E-state index < -0.39 is 0 Å². The van der Waals surface area contributed by atoms with Crippen LogP contribution in [0.4, 0.5) is 0 Å². The molecule has 3 rings (SSSR count). The van der Waals surface area contributed by atoms with Crippen molar-refractivity contribution < 1.29 is 0 Å². The molecule has 0 atom stereocenters. The molecule has 1 aliphatic carbocycles. The maximum absolute atomic E-state index is 12.0. The lowest BCUT2D eigenvalue weighted by Crippen LogP contribution is -2.17. The fourth-order valence-corrected chi connectivity index (χ4v) is 3.82. The number of H-pyrrole nitrogens is 1. The summed E-state index contributed by atoms with van der Waals surface area (Å²) in [4.78, 5) is 19.6. The molecule has 18 heavy (non-hydrogen) atoms. The fraction of sp³-hybridized carbons (Fsp3) is 0.385. The van der Waals surface area contributed by atoms with Crippen LogP contribution in [-0.2, 0) is 0 Å². The first-order valence-electron chi connectivity index (χ1n) is 6.08. The summed E-state index contributed by atoms with van der Waals surface area (Å²) >= 11 is 3.74. The van der Waals surface area contributed by atoms with Crippen LogP contribution >= 0.6 is 33.9 Å². The van der Waals surface area contributed by atoms with Gasteiger partial charge in [-0.05, 0) is 46.9 Å². The summed E-state index contributed by atoms with van der Waals surface area (Å²) in [5.74, 6) is 1.18. The van der Waals surface area contributed by atoms with E-state index in [-0.39, 0.29) is 5.56 Å². The van der Waals surface area contributed by atoms with Crippen molar-refractivity contribution in [3.05, 3.63) is 36.4 Å². The third kappa shape index (κ3) is 2.25. The topological polar surface area (TPSA) is 45.8 Å². The minimum absolute atomic E-state index is 0.00583. The van der Waals surface area contributed by atoms with E-state index in [4.69, 9.17) is 4.98 Å². The number of nitrogens with one attached hydrogen (secondary N) is 1. The summed E-state index contributed by atoms with van der Waals surface area (Å²) < 4.78 is 0.762. The number of aromatic nitrogens is 2. The smallest absolute Gasteiger partial charge is 0.264 e. The molecule has 0 aromatic carbocycles. The summed E-state index contributed by atoms with van der Waals surface area (Å²) in [7, 11) is 0. The van der Waals surface area contributed by atoms with Gasteiger partial charge in [0.1, 0.15) is 5.82 Å². The molecule has 2 aromatic heterocycles. The van der Waals surface area contributed by atoms with Crippen molar-refractivity contribution in [3.63, 3.8) is 0 Å². The van der Waals surface area contributed by atoms with E-state index in [2.05, 4.69) is 27.6 Å². The molecule has 5 heteroatoms. The van der Waals surface area contributed by atoms with Crippen LogP contribution < -0.4 is 5.56 Å². The van der Waals surface area contributed by atoms with Crippen molar-refractivity contribution in [2.45, 2.75) is 31.6 Å². The van der Waals surface area contributed by atoms with Gasteiger partial charge in [-0.3, -0.25) is 4.79 Å². The Morgan fingerprint density at radius 2 is 2.17 bits per heavy atom. The normalized spacial score (nSPS) is 16.3. The zero-order valence-electron chi connectivity index (χ0n) is 9.78. The van der Waals surface area contributed by atoms with E-state index in [1.807, 2.05) is 16.8 Å². The van der Waals surface area contributed by atoms with Gasteiger partial charge in [-0.2, -0.15) is 11.3 Å². The van der Waals surface area contributed by atoms with Gasteiger partial charge in [-0.1, -0.05) is 12.8 Å². The number of hydrogen-bond acceptors (Lipinski definition) is 3. The second-order valence-corrected chi connectivity index (χ2v) is 6.47. The predicted octanol–water partition coefficient (Wildman–Crippen LogP) is 3.76. The van der Waals surface area contributed by atoms with E-state index in [0.29, 0.717) is 11.7 Å². The monoisotopic (exact) mass is 372 g/mol. The van der Waals surface area contributed by atoms with Crippen molar-refractivity contribution in [1.82, 2.24) is 9.97 Å². The van der Waals surface area contributed by atoms with E-state index in [0.717, 1.165) is 27.7 Å². The lowest BCUT2D eigenvalue weighted by Gasteiger charge is -2.11. The van der Waals surface area contributed by atoms with Gasteiger partial charge in [0.05, 0.1) is 9.26 Å². The first-order chi connectivity index (χ1) is 8.75. The molecule has 3 nitrogen and oxygen atoms in total. The minimum Gasteiger partial charge on any atom is -0.306 e. The molecule has 0 spiro atoms. The summed E-state index contributed by atoms with van der Waals surface area (Å²) in [5, 5.41) is 4.02. The third-order valence-electron chi connectivity index (χ3n) is 3.42. The highest BCUT2D eigenvalue weighted by Crippen LogP contribution is 2.35. The summed E-state index contributed by atoms with van der Waals surface area (Å²) in [6, 6.07) is 1.99. The Labute approximate surface area is 123 Å². The average Bonchev–Trinajstić information content (AvgIpc) is 3.03. The molecule has 0 aliphatic heterocycles. The van der Waals surface area contributed by atoms with Crippen molar-refractivity contribution in [2.75, 3.05) is 0 Å². The van der Waals surface area contributed by atoms with Crippen LogP contribution in [0.1, 0.15) is 37.3 Å². The summed E-state index contributed by atoms with van der Waals surface area (Å²) in [5.41, 5.74) is 2.00. The van der Waals surface area contributed by atoms with E-state index >= 15 is 0 Å². The predicted molar refractivity (Wildman–Crippen MR) is 82.1 cm³/mol. The average molecular weight is 372 g/mol. The van der Waals surface area contributed by atoms with Crippen LogP contribution in [0, 0.1) is 3.57 Å². The third-order valence-corrected chi connectivity index (χ3v) is 5.15. The largest absolute Gasteiger partial charge is 0.306 e. The Balaban J connectivity index is 2.10. The second kappa shape index (κ2) is 5.13. The van der Waals surface area contributed by atoms with Crippen molar-refractivity contribution >= 4 is 33.9 Å². The van der Waals surface area contributed by atoms with E-state index in [9.17, 15) is 4.79 Å². The Hall–Kier alpha value is -0.690. The quantitative estimate of drug-likeness (QED) is 0.816.